The first-order chi connectivity index (χ1) is 67.3. The summed E-state index contributed by atoms with van der Waals surface area (Å²) < 4.78 is 199. The lowest BCUT2D eigenvalue weighted by molar-refractivity contribution is 0.568. The van der Waals surface area contributed by atoms with Crippen molar-refractivity contribution in [3.05, 3.63) is 290 Å². The van der Waals surface area contributed by atoms with Crippen LogP contribution in [0.2, 0.25) is 0 Å². The molecule has 131 heavy (non-hydrogen) atoms. The van der Waals surface area contributed by atoms with Crippen LogP contribution in [0.1, 0.15) is 393 Å². The van der Waals surface area contributed by atoms with Gasteiger partial charge in [0.05, 0.1) is 36.0 Å². The van der Waals surface area contributed by atoms with Gasteiger partial charge in [-0.2, -0.15) is 0 Å². The maximum atomic E-state index is 12.1. The first-order valence-electron chi connectivity index (χ1n) is 56.8. The van der Waals surface area contributed by atoms with Gasteiger partial charge < -0.3 is 9.80 Å². The quantitative estimate of drug-likeness (QED) is 0.133. The van der Waals surface area contributed by atoms with Gasteiger partial charge in [0.2, 0.25) is 0 Å². The molecule has 0 saturated heterocycles. The van der Waals surface area contributed by atoms with E-state index < -0.39 is 107 Å². The van der Waals surface area contributed by atoms with Crippen molar-refractivity contribution in [2.75, 3.05) is 9.80 Å². The van der Waals surface area contributed by atoms with E-state index in [0.717, 1.165) is 55.6 Å². The van der Waals surface area contributed by atoms with Crippen LogP contribution >= 0.6 is 0 Å². The zero-order valence-corrected chi connectivity index (χ0v) is 87.8. The summed E-state index contributed by atoms with van der Waals surface area (Å²) in [6, 6.07) is 31.2. The highest BCUT2D eigenvalue weighted by Crippen LogP contribution is 2.59. The maximum Gasteiger partial charge on any atom is 0.252 e. The molecule has 2 nitrogen and oxygen atoms in total. The minimum absolute atomic E-state index is 0.00538. The SMILES string of the molecule is [2H]c1c([2H])c(C(C)(C)C)c(-c2c([2H])c(C(C)(C)C)c([2H])c(-c3c([2H])c([2H])c(C(C)(C)C)c([2H])c3[2H])c2N2c3cc(-c4cc(C(C)(C)C)cc(C(C)(C)C)c4)ccc3B3c4ccc(-c5cc(C(C)(C)C)cc(C(C)(C)C)c5)cc4N(c4c(-c5c([2H])c([2H])c(C(C)(C)C)c([2H])c5[2H])c([2H])c(C(C)(C)C)c([2H])c4-c4c([2H])c([2H])c(C(C)(C)C)c([2H])c4C(C)(C)C)c4cc(-c5cc(C(C)(C)C)cc(C(C)(C)C)c5)cc2c43)c(C(C)(C)C)c1[2H]. The van der Waals surface area contributed by atoms with E-state index in [1.165, 1.54) is 0 Å². The third-order valence-electron chi connectivity index (χ3n) is 26.4. The molecule has 12 aromatic carbocycles. The molecular formula is C128H161BN2. The number of hydrogen-bond acceptors (Lipinski definition) is 2. The van der Waals surface area contributed by atoms with Gasteiger partial charge in [-0.1, -0.05) is 454 Å². The minimum atomic E-state index is -1.21. The normalized spacial score (nSPS) is 16.1. The molecule has 2 heterocycles. The van der Waals surface area contributed by atoms with Crippen LogP contribution in [0.5, 0.6) is 0 Å². The Balaban J connectivity index is 1.46. The van der Waals surface area contributed by atoms with Gasteiger partial charge in [0.25, 0.3) is 6.71 Å². The van der Waals surface area contributed by atoms with Gasteiger partial charge in [-0.3, -0.25) is 0 Å². The van der Waals surface area contributed by atoms with Crippen molar-refractivity contribution in [1.29, 1.82) is 0 Å². The van der Waals surface area contributed by atoms with Crippen LogP contribution in [0.15, 0.2) is 212 Å². The van der Waals surface area contributed by atoms with E-state index in [1.807, 2.05) is 171 Å². The van der Waals surface area contributed by atoms with E-state index in [2.05, 4.69) is 233 Å². The first-order valence-corrected chi connectivity index (χ1v) is 47.8. The Morgan fingerprint density at radius 2 is 0.466 bits per heavy atom. The van der Waals surface area contributed by atoms with Crippen molar-refractivity contribution >= 4 is 57.2 Å². The second-order valence-electron chi connectivity index (χ2n) is 52.4. The van der Waals surface area contributed by atoms with Crippen LogP contribution in [0.4, 0.5) is 34.1 Å². The van der Waals surface area contributed by atoms with Crippen molar-refractivity contribution in [3.63, 3.8) is 0 Å². The summed E-state index contributed by atoms with van der Waals surface area (Å²) in [5.74, 6) is 0. The Morgan fingerprint density at radius 3 is 0.771 bits per heavy atom. The largest absolute Gasteiger partial charge is 0.310 e. The number of hydrogen-bond donors (Lipinski definition) is 0. The van der Waals surface area contributed by atoms with Gasteiger partial charge in [-0.15, -0.1) is 0 Å². The Hall–Kier alpha value is -9.70. The van der Waals surface area contributed by atoms with E-state index in [0.29, 0.717) is 55.8 Å². The van der Waals surface area contributed by atoms with E-state index in [9.17, 15) is 24.7 Å². The highest BCUT2D eigenvalue weighted by molar-refractivity contribution is 7.00. The summed E-state index contributed by atoms with van der Waals surface area (Å²) in [5.41, 5.74) is 3.35. The Bertz CT molecular complexity index is 7380. The monoisotopic (exact) mass is 1760 g/mol. The van der Waals surface area contributed by atoms with Gasteiger partial charge in [0, 0.05) is 45.0 Å². The molecule has 0 radical (unpaired) electrons. The Morgan fingerprint density at radius 1 is 0.198 bits per heavy atom. The van der Waals surface area contributed by atoms with Crippen LogP contribution in [-0.2, 0) is 75.8 Å². The smallest absolute Gasteiger partial charge is 0.252 e. The van der Waals surface area contributed by atoms with E-state index in [4.69, 9.17) is 0 Å². The molecule has 2 aliphatic rings. The van der Waals surface area contributed by atoms with Crippen LogP contribution in [0.3, 0.4) is 0 Å². The molecule has 0 atom stereocenters. The molecule has 0 N–H and O–H groups in total. The van der Waals surface area contributed by atoms with E-state index >= 15 is 0 Å². The first kappa shape index (κ1) is 75.7. The molecule has 686 valence electrons. The molecule has 14 rings (SSSR count). The summed E-state index contributed by atoms with van der Waals surface area (Å²) in [6.07, 6.45) is 0. The second-order valence-corrected chi connectivity index (χ2v) is 52.4. The van der Waals surface area contributed by atoms with Crippen LogP contribution in [-0.4, -0.2) is 6.71 Å². The maximum absolute atomic E-state index is 12.1. The summed E-state index contributed by atoms with van der Waals surface area (Å²) >= 11 is 0. The molecular weight excluding hydrogens is 1580 g/mol. The lowest BCUT2D eigenvalue weighted by Crippen LogP contribution is -2.61. The van der Waals surface area contributed by atoms with E-state index in [1.54, 1.807) is 0 Å². The van der Waals surface area contributed by atoms with Crippen molar-refractivity contribution in [3.8, 4) is 77.9 Å². The molecule has 0 bridgehead atoms. The van der Waals surface area contributed by atoms with Crippen molar-refractivity contribution in [1.82, 2.24) is 0 Å². The average molecular weight is 1760 g/mol. The molecule has 0 amide bonds. The summed E-state index contributed by atoms with van der Waals surface area (Å²) in [5, 5.41) is 0. The molecule has 12 aromatic rings. The van der Waals surface area contributed by atoms with Crippen LogP contribution < -0.4 is 26.2 Å². The summed E-state index contributed by atoms with van der Waals surface area (Å²) in [7, 11) is 0. The molecule has 0 aromatic heterocycles. The lowest BCUT2D eigenvalue weighted by Gasteiger charge is -2.46. The Kier molecular flexibility index (Phi) is 18.8. The predicted octanol–water partition coefficient (Wildman–Crippen LogP) is 35.6. The highest BCUT2D eigenvalue weighted by atomic mass is 15.2. The third kappa shape index (κ3) is 19.3. The minimum Gasteiger partial charge on any atom is -0.310 e. The number of fused-ring (bicyclic) bond motifs is 4. The van der Waals surface area contributed by atoms with Crippen molar-refractivity contribution in [2.45, 2.75) is 367 Å². The van der Waals surface area contributed by atoms with Crippen molar-refractivity contribution < 1.29 is 24.7 Å². The topological polar surface area (TPSA) is 6.48 Å². The molecule has 2 aliphatic heterocycles. The van der Waals surface area contributed by atoms with Crippen molar-refractivity contribution in [2.24, 2.45) is 0 Å². The van der Waals surface area contributed by atoms with Gasteiger partial charge in [0.1, 0.15) is 0 Å². The lowest BCUT2D eigenvalue weighted by atomic mass is 9.33. The average Bonchev–Trinajstić information content (AvgIpc) is 0.673. The molecule has 0 spiro atoms. The summed E-state index contributed by atoms with van der Waals surface area (Å²) in [4.78, 5) is 4.11. The third-order valence-corrected chi connectivity index (χ3v) is 26.4. The van der Waals surface area contributed by atoms with E-state index in [-0.39, 0.29) is 179 Å². The fourth-order valence-corrected chi connectivity index (χ4v) is 17.9. The predicted molar refractivity (Wildman–Crippen MR) is 580 cm³/mol. The second kappa shape index (κ2) is 32.6. The molecule has 3 heteroatoms. The van der Waals surface area contributed by atoms with Gasteiger partial charge in [-0.05, 0) is 274 Å². The van der Waals surface area contributed by atoms with Gasteiger partial charge in [-0.25, -0.2) is 0 Å². The molecule has 0 fully saturated rings. The fraction of sp³-hybridized carbons (Fsp3) is 0.438. The Labute approximate surface area is 821 Å². The van der Waals surface area contributed by atoms with Crippen LogP contribution in [0.25, 0.3) is 77.9 Å². The zero-order valence-electron chi connectivity index (χ0n) is 106. The highest BCUT2D eigenvalue weighted by Gasteiger charge is 2.48. The molecule has 0 aliphatic carbocycles. The summed E-state index contributed by atoms with van der Waals surface area (Å²) in [6.45, 7) is 84.4. The van der Waals surface area contributed by atoms with Gasteiger partial charge >= 0.3 is 0 Å². The number of rotatable bonds is 9. The number of anilines is 6. The molecule has 0 saturated carbocycles. The van der Waals surface area contributed by atoms with Gasteiger partial charge in [0.15, 0.2) is 0 Å². The standard InChI is InChI=1S/C128H161BN2/c1-115(2,3)86-52-46-78(47-53-86)98-73-95(124(28,29)30)75-100(97-57-56-88(117(7,8)9)77-104(97)128(40,41)42)113(98)130-107-66-80(82-60-89(118(10,11)12)70-90(61-82)119(13,14)15)50-58-105(107)129-106-59-51-81(83-62-91(120(16,17)18)71-92(63-83)121(19,20)21)67-108(106)131(110-69-85(68-109(130)112(110)129)84-64-93(122(22,23)24)72-94(65-84)123(25,26)27)114-99(79-48-54-87(55-49-79)116(4,5)6)74-96(125(31,32)33)76-101(114)111-102(126(34,35)36)44-43-45-103(111)127(37,38)39/h43-77H,1-42H3/i43D,44D,45D,46D,47D,48D,49D,52D,53D,54D,55D,56D,57D,73D,74D,75D,76D,77D. The number of nitrogens with zero attached hydrogens (tertiary/aromatic N) is 2. The fourth-order valence-electron chi connectivity index (χ4n) is 17.9. The number of benzene rings is 12. The zero-order chi connectivity index (χ0) is 113. The van der Waals surface area contributed by atoms with Crippen LogP contribution in [0, 0.1) is 0 Å². The molecule has 0 unspecified atom stereocenters.